The fourth-order valence-electron chi connectivity index (χ4n) is 1.51. The van der Waals surface area contributed by atoms with E-state index in [-0.39, 0.29) is 5.75 Å². The first kappa shape index (κ1) is 12.5. The van der Waals surface area contributed by atoms with Crippen molar-refractivity contribution in [1.82, 2.24) is 4.98 Å². The van der Waals surface area contributed by atoms with Crippen LogP contribution in [0.2, 0.25) is 0 Å². The summed E-state index contributed by atoms with van der Waals surface area (Å²) < 4.78 is 18.9. The first-order valence-corrected chi connectivity index (χ1v) is 5.64. The van der Waals surface area contributed by atoms with Crippen LogP contribution in [0.3, 0.4) is 0 Å². The van der Waals surface area contributed by atoms with E-state index in [1.807, 2.05) is 6.92 Å². The van der Waals surface area contributed by atoms with E-state index in [9.17, 15) is 9.50 Å². The fourth-order valence-corrected chi connectivity index (χ4v) is 1.51. The summed E-state index contributed by atoms with van der Waals surface area (Å²) in [5, 5.41) is 9.32. The molecule has 1 N–H and O–H groups in total. The minimum atomic E-state index is -0.630. The van der Waals surface area contributed by atoms with Gasteiger partial charge in [0.1, 0.15) is 5.75 Å². The molecule has 1 heterocycles. The second-order valence-corrected chi connectivity index (χ2v) is 4.13. The van der Waals surface area contributed by atoms with Gasteiger partial charge in [0.15, 0.2) is 11.6 Å². The van der Waals surface area contributed by atoms with Crippen molar-refractivity contribution in [1.29, 1.82) is 0 Å². The van der Waals surface area contributed by atoms with Crippen molar-refractivity contribution in [3.63, 3.8) is 0 Å². The van der Waals surface area contributed by atoms with Crippen molar-refractivity contribution in [3.8, 4) is 11.5 Å². The van der Waals surface area contributed by atoms with Crippen LogP contribution in [0, 0.1) is 12.7 Å². The highest BCUT2D eigenvalue weighted by atomic mass is 19.1. The highest BCUT2D eigenvalue weighted by Gasteiger charge is 2.06. The number of ether oxygens (including phenoxy) is 1. The van der Waals surface area contributed by atoms with Crippen LogP contribution in [-0.2, 0) is 0 Å². The third-order valence-corrected chi connectivity index (χ3v) is 2.50. The molecule has 0 saturated carbocycles. The SMILES string of the molecule is Cc1ccc(F)c(Oc2ccc([C@H](C)O)nc2)c1. The normalized spacial score (nSPS) is 12.2. The van der Waals surface area contributed by atoms with Crippen LogP contribution in [0.15, 0.2) is 36.5 Å². The molecule has 1 aromatic heterocycles. The summed E-state index contributed by atoms with van der Waals surface area (Å²) >= 11 is 0. The number of nitrogens with zero attached hydrogens (tertiary/aromatic N) is 1. The zero-order valence-electron chi connectivity index (χ0n) is 10.2. The van der Waals surface area contributed by atoms with Gasteiger partial charge >= 0.3 is 0 Å². The second kappa shape index (κ2) is 5.14. The average molecular weight is 247 g/mol. The van der Waals surface area contributed by atoms with E-state index in [1.54, 1.807) is 31.2 Å². The summed E-state index contributed by atoms with van der Waals surface area (Å²) in [4.78, 5) is 4.03. The lowest BCUT2D eigenvalue weighted by Gasteiger charge is -2.08. The lowest BCUT2D eigenvalue weighted by molar-refractivity contribution is 0.194. The van der Waals surface area contributed by atoms with Gasteiger partial charge in [0.05, 0.1) is 18.0 Å². The van der Waals surface area contributed by atoms with Crippen molar-refractivity contribution in [2.75, 3.05) is 0 Å². The molecule has 3 nitrogen and oxygen atoms in total. The third-order valence-electron chi connectivity index (χ3n) is 2.50. The molecule has 0 aliphatic rings. The number of aliphatic hydroxyl groups excluding tert-OH is 1. The Morgan fingerprint density at radius 3 is 2.67 bits per heavy atom. The van der Waals surface area contributed by atoms with Gasteiger partial charge in [-0.05, 0) is 43.7 Å². The molecule has 1 aromatic carbocycles. The van der Waals surface area contributed by atoms with Gasteiger partial charge in [0.25, 0.3) is 0 Å². The molecule has 0 bridgehead atoms. The maximum Gasteiger partial charge on any atom is 0.165 e. The van der Waals surface area contributed by atoms with Crippen LogP contribution >= 0.6 is 0 Å². The summed E-state index contributed by atoms with van der Waals surface area (Å²) in [6.07, 6.45) is 0.832. The average Bonchev–Trinajstić information content (AvgIpc) is 2.34. The number of aryl methyl sites for hydroxylation is 1. The summed E-state index contributed by atoms with van der Waals surface area (Å²) in [6.45, 7) is 3.49. The van der Waals surface area contributed by atoms with Crippen LogP contribution in [-0.4, -0.2) is 10.1 Å². The van der Waals surface area contributed by atoms with Crippen LogP contribution < -0.4 is 4.74 Å². The molecule has 2 aromatic rings. The van der Waals surface area contributed by atoms with Gasteiger partial charge in [-0.15, -0.1) is 0 Å². The molecular weight excluding hydrogens is 233 g/mol. The molecule has 0 spiro atoms. The van der Waals surface area contributed by atoms with Gasteiger partial charge in [-0.1, -0.05) is 6.07 Å². The summed E-state index contributed by atoms with van der Waals surface area (Å²) in [5.41, 5.74) is 1.46. The van der Waals surface area contributed by atoms with E-state index in [0.29, 0.717) is 11.4 Å². The lowest BCUT2D eigenvalue weighted by atomic mass is 10.2. The number of hydrogen-bond donors (Lipinski definition) is 1. The largest absolute Gasteiger partial charge is 0.453 e. The first-order chi connectivity index (χ1) is 8.56. The zero-order chi connectivity index (χ0) is 13.1. The standard InChI is InChI=1S/C14H14FNO2/c1-9-3-5-12(15)14(7-9)18-11-4-6-13(10(2)17)16-8-11/h3-8,10,17H,1-2H3/t10-/m0/s1. The molecule has 18 heavy (non-hydrogen) atoms. The van der Waals surface area contributed by atoms with Gasteiger partial charge in [-0.25, -0.2) is 4.39 Å². The molecule has 94 valence electrons. The molecule has 0 fully saturated rings. The zero-order valence-corrected chi connectivity index (χ0v) is 10.2. The predicted molar refractivity (Wildman–Crippen MR) is 66.1 cm³/mol. The number of rotatable bonds is 3. The van der Waals surface area contributed by atoms with Crippen molar-refractivity contribution in [2.45, 2.75) is 20.0 Å². The summed E-state index contributed by atoms with van der Waals surface area (Å²) in [5.74, 6) is 0.186. The summed E-state index contributed by atoms with van der Waals surface area (Å²) in [6, 6.07) is 7.96. The molecular formula is C14H14FNO2. The van der Waals surface area contributed by atoms with Gasteiger partial charge in [0, 0.05) is 0 Å². The van der Waals surface area contributed by atoms with E-state index in [2.05, 4.69) is 4.98 Å². The molecule has 0 aliphatic heterocycles. The Hall–Kier alpha value is -1.94. The van der Waals surface area contributed by atoms with Gasteiger partial charge in [-0.3, -0.25) is 4.98 Å². The number of benzene rings is 1. The quantitative estimate of drug-likeness (QED) is 0.904. The Bertz CT molecular complexity index is 538. The van der Waals surface area contributed by atoms with Crippen LogP contribution in [0.25, 0.3) is 0 Å². The lowest BCUT2D eigenvalue weighted by Crippen LogP contribution is -1.95. The molecule has 4 heteroatoms. The Balaban J connectivity index is 2.21. The number of hydrogen-bond acceptors (Lipinski definition) is 3. The third kappa shape index (κ3) is 2.84. The van der Waals surface area contributed by atoms with Crippen LogP contribution in [0.5, 0.6) is 11.5 Å². The maximum absolute atomic E-state index is 13.5. The molecule has 0 amide bonds. The number of aliphatic hydroxyl groups is 1. The predicted octanol–water partition coefficient (Wildman–Crippen LogP) is 3.37. The van der Waals surface area contributed by atoms with E-state index in [0.717, 1.165) is 5.56 Å². The molecule has 0 radical (unpaired) electrons. The fraction of sp³-hybridized carbons (Fsp3) is 0.214. The molecule has 0 unspecified atom stereocenters. The summed E-state index contributed by atoms with van der Waals surface area (Å²) in [7, 11) is 0. The maximum atomic E-state index is 13.5. The first-order valence-electron chi connectivity index (χ1n) is 5.64. The van der Waals surface area contributed by atoms with E-state index >= 15 is 0 Å². The number of pyridine rings is 1. The molecule has 0 aliphatic carbocycles. The van der Waals surface area contributed by atoms with E-state index in [4.69, 9.17) is 4.74 Å². The van der Waals surface area contributed by atoms with Gasteiger partial charge in [-0.2, -0.15) is 0 Å². The van der Waals surface area contributed by atoms with Crippen molar-refractivity contribution >= 4 is 0 Å². The van der Waals surface area contributed by atoms with Crippen LogP contribution in [0.4, 0.5) is 4.39 Å². The Morgan fingerprint density at radius 2 is 2.06 bits per heavy atom. The molecule has 0 saturated heterocycles. The highest BCUT2D eigenvalue weighted by molar-refractivity contribution is 5.34. The van der Waals surface area contributed by atoms with Crippen molar-refractivity contribution < 1.29 is 14.2 Å². The van der Waals surface area contributed by atoms with Crippen molar-refractivity contribution in [3.05, 3.63) is 53.6 Å². The van der Waals surface area contributed by atoms with E-state index < -0.39 is 11.9 Å². The van der Waals surface area contributed by atoms with E-state index in [1.165, 1.54) is 12.3 Å². The van der Waals surface area contributed by atoms with Crippen LogP contribution in [0.1, 0.15) is 24.3 Å². The minimum Gasteiger partial charge on any atom is -0.453 e. The Morgan fingerprint density at radius 1 is 1.28 bits per heavy atom. The van der Waals surface area contributed by atoms with Crippen molar-refractivity contribution in [2.24, 2.45) is 0 Å². The van der Waals surface area contributed by atoms with Gasteiger partial charge in [0.2, 0.25) is 0 Å². The smallest absolute Gasteiger partial charge is 0.165 e. The topological polar surface area (TPSA) is 42.4 Å². The minimum absolute atomic E-state index is 0.168. The monoisotopic (exact) mass is 247 g/mol. The Kier molecular flexibility index (Phi) is 3.58. The van der Waals surface area contributed by atoms with Gasteiger partial charge < -0.3 is 9.84 Å². The second-order valence-electron chi connectivity index (χ2n) is 4.13. The number of halogens is 1. The molecule has 1 atom stereocenters. The number of aromatic nitrogens is 1. The Labute approximate surface area is 105 Å². The molecule has 2 rings (SSSR count). The highest BCUT2D eigenvalue weighted by Crippen LogP contribution is 2.25.